The summed E-state index contributed by atoms with van der Waals surface area (Å²) in [7, 11) is -3.45. The molecule has 6 nitrogen and oxygen atoms in total. The normalized spacial score (nSPS) is 14.5. The fourth-order valence-corrected chi connectivity index (χ4v) is 5.49. The van der Waals surface area contributed by atoms with Crippen LogP contribution in [0.25, 0.3) is 10.8 Å². The molecule has 2 N–H and O–H groups in total. The first-order valence-corrected chi connectivity index (χ1v) is 12.0. The summed E-state index contributed by atoms with van der Waals surface area (Å²) in [5, 5.41) is 7.91. The lowest BCUT2D eigenvalue weighted by atomic mass is 10.0. The predicted molar refractivity (Wildman–Crippen MR) is 126 cm³/mol. The molecule has 1 fully saturated rings. The maximum atomic E-state index is 12.6. The first-order chi connectivity index (χ1) is 14.9. The Morgan fingerprint density at radius 1 is 0.935 bits per heavy atom. The summed E-state index contributed by atoms with van der Waals surface area (Å²) >= 11 is 5.25. The third kappa shape index (κ3) is 4.92. The summed E-state index contributed by atoms with van der Waals surface area (Å²) in [4.78, 5) is 12.7. The average Bonchev–Trinajstić information content (AvgIpc) is 3.30. The zero-order valence-corrected chi connectivity index (χ0v) is 18.5. The number of nitrogens with zero attached hydrogens (tertiary/aromatic N) is 1. The minimum Gasteiger partial charge on any atom is -0.332 e. The summed E-state index contributed by atoms with van der Waals surface area (Å²) < 4.78 is 26.7. The summed E-state index contributed by atoms with van der Waals surface area (Å²) in [5.74, 6) is -0.220. The number of sulfonamides is 1. The van der Waals surface area contributed by atoms with E-state index in [1.165, 1.54) is 4.31 Å². The third-order valence-corrected chi connectivity index (χ3v) is 7.42. The summed E-state index contributed by atoms with van der Waals surface area (Å²) in [6, 6.07) is 20.2. The number of carbonyl (C=O) groups is 1. The average molecular weight is 454 g/mol. The van der Waals surface area contributed by atoms with Gasteiger partial charge in [-0.3, -0.25) is 4.79 Å². The Labute approximate surface area is 187 Å². The molecule has 3 aromatic rings. The molecule has 1 saturated heterocycles. The highest BCUT2D eigenvalue weighted by atomic mass is 32.2. The van der Waals surface area contributed by atoms with E-state index < -0.39 is 10.0 Å². The van der Waals surface area contributed by atoms with E-state index in [0.29, 0.717) is 18.8 Å². The second-order valence-electron chi connectivity index (χ2n) is 7.45. The largest absolute Gasteiger partial charge is 0.332 e. The lowest BCUT2D eigenvalue weighted by Crippen LogP contribution is -2.35. The summed E-state index contributed by atoms with van der Waals surface area (Å²) in [5.41, 5.74) is 1.53. The number of nitrogens with one attached hydrogen (secondary N) is 2. The van der Waals surface area contributed by atoms with Crippen molar-refractivity contribution in [3.8, 4) is 0 Å². The molecule has 0 aromatic heterocycles. The summed E-state index contributed by atoms with van der Waals surface area (Å²) in [6.45, 7) is 1.13. The molecule has 3 aromatic carbocycles. The van der Waals surface area contributed by atoms with Crippen molar-refractivity contribution in [1.29, 1.82) is 0 Å². The van der Waals surface area contributed by atoms with E-state index in [2.05, 4.69) is 10.6 Å². The quantitative estimate of drug-likeness (QED) is 0.576. The second kappa shape index (κ2) is 9.13. The molecular formula is C23H23N3O3S2. The van der Waals surface area contributed by atoms with E-state index in [4.69, 9.17) is 12.2 Å². The van der Waals surface area contributed by atoms with Crippen LogP contribution in [0.4, 0.5) is 5.69 Å². The van der Waals surface area contributed by atoms with Crippen molar-refractivity contribution in [3.63, 3.8) is 0 Å². The Hall–Kier alpha value is -2.81. The Morgan fingerprint density at radius 2 is 1.61 bits per heavy atom. The van der Waals surface area contributed by atoms with Gasteiger partial charge in [0.1, 0.15) is 0 Å². The second-order valence-corrected chi connectivity index (χ2v) is 9.80. The molecule has 8 heteroatoms. The number of amides is 1. The van der Waals surface area contributed by atoms with Crippen LogP contribution < -0.4 is 10.6 Å². The Morgan fingerprint density at radius 3 is 2.35 bits per heavy atom. The zero-order chi connectivity index (χ0) is 21.8. The van der Waals surface area contributed by atoms with Gasteiger partial charge in [0.25, 0.3) is 0 Å². The van der Waals surface area contributed by atoms with Gasteiger partial charge in [0, 0.05) is 18.8 Å². The van der Waals surface area contributed by atoms with E-state index in [0.717, 1.165) is 29.2 Å². The molecule has 0 atom stereocenters. The monoisotopic (exact) mass is 453 g/mol. The van der Waals surface area contributed by atoms with Gasteiger partial charge in [0.05, 0.1) is 11.3 Å². The van der Waals surface area contributed by atoms with Gasteiger partial charge >= 0.3 is 0 Å². The minimum absolute atomic E-state index is 0.167. The van der Waals surface area contributed by atoms with Crippen LogP contribution in [0.1, 0.15) is 18.4 Å². The van der Waals surface area contributed by atoms with Gasteiger partial charge in [0.15, 0.2) is 5.11 Å². The molecule has 0 unspecified atom stereocenters. The fraction of sp³-hybridized carbons (Fsp3) is 0.217. The third-order valence-electron chi connectivity index (χ3n) is 5.30. The van der Waals surface area contributed by atoms with Gasteiger partial charge in [0.2, 0.25) is 15.9 Å². The minimum atomic E-state index is -3.45. The van der Waals surface area contributed by atoms with Crippen LogP contribution in [-0.4, -0.2) is 36.8 Å². The lowest BCUT2D eigenvalue weighted by molar-refractivity contribution is -0.119. The molecule has 1 heterocycles. The maximum Gasteiger partial charge on any atom is 0.243 e. The first-order valence-electron chi connectivity index (χ1n) is 10.1. The number of carbonyl (C=O) groups excluding carboxylic acids is 1. The van der Waals surface area contributed by atoms with E-state index in [1.807, 2.05) is 42.5 Å². The van der Waals surface area contributed by atoms with E-state index in [1.54, 1.807) is 24.3 Å². The van der Waals surface area contributed by atoms with E-state index in [-0.39, 0.29) is 22.3 Å². The molecule has 0 bridgehead atoms. The molecule has 0 spiro atoms. The van der Waals surface area contributed by atoms with Crippen molar-refractivity contribution in [2.24, 2.45) is 0 Å². The highest BCUT2D eigenvalue weighted by molar-refractivity contribution is 7.89. The fourth-order valence-electron chi connectivity index (χ4n) is 3.74. The number of fused-ring (bicyclic) bond motifs is 1. The number of hydrogen-bond acceptors (Lipinski definition) is 4. The van der Waals surface area contributed by atoms with Crippen molar-refractivity contribution in [2.75, 3.05) is 18.4 Å². The molecular weight excluding hydrogens is 430 g/mol. The Balaban J connectivity index is 1.36. The molecule has 31 heavy (non-hydrogen) atoms. The van der Waals surface area contributed by atoms with Crippen LogP contribution in [0.2, 0.25) is 0 Å². The Kier molecular flexibility index (Phi) is 6.31. The van der Waals surface area contributed by atoms with Crippen LogP contribution in [0.5, 0.6) is 0 Å². The number of thiocarbonyl (C=S) groups is 1. The smallest absolute Gasteiger partial charge is 0.243 e. The lowest BCUT2D eigenvalue weighted by Gasteiger charge is -2.16. The van der Waals surface area contributed by atoms with Crippen molar-refractivity contribution < 1.29 is 13.2 Å². The van der Waals surface area contributed by atoms with Gasteiger partial charge in [-0.25, -0.2) is 8.42 Å². The van der Waals surface area contributed by atoms with E-state index >= 15 is 0 Å². The SMILES string of the molecule is O=C(Cc1cccc2ccccc12)NC(=S)Nc1ccc(S(=O)(=O)N2CCCC2)cc1. The number of rotatable bonds is 5. The molecule has 1 aliphatic heterocycles. The van der Waals surface area contributed by atoms with Gasteiger partial charge in [-0.1, -0.05) is 42.5 Å². The van der Waals surface area contributed by atoms with Crippen LogP contribution in [0, 0.1) is 0 Å². The number of anilines is 1. The van der Waals surface area contributed by atoms with Crippen molar-refractivity contribution in [2.45, 2.75) is 24.2 Å². The van der Waals surface area contributed by atoms with Crippen LogP contribution in [-0.2, 0) is 21.2 Å². The molecule has 0 saturated carbocycles. The van der Waals surface area contributed by atoms with Crippen LogP contribution >= 0.6 is 12.2 Å². The number of benzene rings is 3. The molecule has 0 radical (unpaired) electrons. The van der Waals surface area contributed by atoms with Crippen LogP contribution in [0.15, 0.2) is 71.6 Å². The molecule has 4 rings (SSSR count). The van der Waals surface area contributed by atoms with Gasteiger partial charge in [-0.15, -0.1) is 0 Å². The highest BCUT2D eigenvalue weighted by Gasteiger charge is 2.26. The standard InChI is InChI=1S/C23H23N3O3S2/c27-22(16-18-8-5-7-17-6-1-2-9-21(17)18)25-23(30)24-19-10-12-20(13-11-19)31(28,29)26-14-3-4-15-26/h1-2,5-13H,3-4,14-16H2,(H2,24,25,27,30). The predicted octanol–water partition coefficient (Wildman–Crippen LogP) is 3.68. The summed E-state index contributed by atoms with van der Waals surface area (Å²) in [6.07, 6.45) is 1.99. The first kappa shape index (κ1) is 21.4. The molecule has 0 aliphatic carbocycles. The maximum absolute atomic E-state index is 12.6. The van der Waals surface area contributed by atoms with Crippen molar-refractivity contribution >= 4 is 49.7 Å². The Bertz CT molecular complexity index is 1210. The topological polar surface area (TPSA) is 78.5 Å². The van der Waals surface area contributed by atoms with Crippen molar-refractivity contribution in [1.82, 2.24) is 9.62 Å². The zero-order valence-electron chi connectivity index (χ0n) is 16.9. The molecule has 160 valence electrons. The van der Waals surface area contributed by atoms with Gasteiger partial charge in [-0.2, -0.15) is 4.31 Å². The van der Waals surface area contributed by atoms with Gasteiger partial charge in [-0.05, 0) is 65.7 Å². The highest BCUT2D eigenvalue weighted by Crippen LogP contribution is 2.22. The molecule has 1 aliphatic rings. The van der Waals surface area contributed by atoms with Crippen LogP contribution in [0.3, 0.4) is 0 Å². The van der Waals surface area contributed by atoms with Crippen molar-refractivity contribution in [3.05, 3.63) is 72.3 Å². The number of hydrogen-bond donors (Lipinski definition) is 2. The molecule has 1 amide bonds. The van der Waals surface area contributed by atoms with Gasteiger partial charge < -0.3 is 10.6 Å². The van der Waals surface area contributed by atoms with E-state index in [9.17, 15) is 13.2 Å².